The lowest BCUT2D eigenvalue weighted by Gasteiger charge is -2.37. The van der Waals surface area contributed by atoms with Gasteiger partial charge in [0.15, 0.2) is 12.1 Å². The molecule has 0 unspecified atom stereocenters. The average Bonchev–Trinajstić information content (AvgIpc) is 4.03. The van der Waals surface area contributed by atoms with E-state index < -0.39 is 0 Å². The molecule has 0 saturated heterocycles. The van der Waals surface area contributed by atoms with Gasteiger partial charge in [0, 0.05) is 24.0 Å². The molecule has 3 aliphatic heterocycles. The normalized spacial score (nSPS) is 17.0. The summed E-state index contributed by atoms with van der Waals surface area (Å²) in [7, 11) is 6.84. The third kappa shape index (κ3) is 9.00. The van der Waals surface area contributed by atoms with Crippen molar-refractivity contribution in [2.75, 3.05) is 28.4 Å². The zero-order valence-electron chi connectivity index (χ0n) is 43.8. The number of hydrogen-bond donors (Lipinski definition) is 0. The van der Waals surface area contributed by atoms with Gasteiger partial charge in [0.1, 0.15) is 35.1 Å². The maximum absolute atomic E-state index is 5.52. The van der Waals surface area contributed by atoms with Gasteiger partial charge in [-0.15, -0.1) is 0 Å². The highest BCUT2D eigenvalue weighted by Gasteiger charge is 2.54. The van der Waals surface area contributed by atoms with Crippen LogP contribution in [0.2, 0.25) is 0 Å². The minimum Gasteiger partial charge on any atom is -0.497 e. The Hall–Kier alpha value is -9.13. The third-order valence-corrected chi connectivity index (χ3v) is 16.3. The van der Waals surface area contributed by atoms with Crippen molar-refractivity contribution in [1.82, 2.24) is 4.90 Å². The lowest BCUT2D eigenvalue weighted by atomic mass is 9.78. The number of rotatable bonds is 12. The van der Waals surface area contributed by atoms with Gasteiger partial charge in [0.25, 0.3) is 0 Å². The number of fused-ring (bicyclic) bond motifs is 7. The summed E-state index contributed by atoms with van der Waals surface area (Å²) in [5.41, 5.74) is 22.1. The van der Waals surface area contributed by atoms with Crippen molar-refractivity contribution in [3.05, 3.63) is 264 Å². The van der Waals surface area contributed by atoms with Crippen molar-refractivity contribution in [3.8, 4) is 89.8 Å². The first-order valence-electron chi connectivity index (χ1n) is 26.6. The summed E-state index contributed by atoms with van der Waals surface area (Å²) in [6, 6.07) is 84.9. The molecule has 0 aliphatic carbocycles. The minimum atomic E-state index is 0.137. The molecule has 3 heterocycles. The predicted molar refractivity (Wildman–Crippen MR) is 311 cm³/mol. The first kappa shape index (κ1) is 47.6. The lowest BCUT2D eigenvalue weighted by molar-refractivity contribution is -0.609. The molecule has 6 nitrogen and oxygen atoms in total. The van der Waals surface area contributed by atoms with Crippen LogP contribution in [0.1, 0.15) is 57.5 Å². The highest BCUT2D eigenvalue weighted by molar-refractivity contribution is 5.83. The molecular weight excluding hydrogens is 945 g/mol. The van der Waals surface area contributed by atoms with Crippen molar-refractivity contribution in [2.24, 2.45) is 0 Å². The Morgan fingerprint density at radius 2 is 0.662 bits per heavy atom. The Balaban J connectivity index is 0.859. The van der Waals surface area contributed by atoms with Gasteiger partial charge in [-0.2, -0.15) is 0 Å². The molecule has 376 valence electrons. The van der Waals surface area contributed by atoms with Crippen LogP contribution < -0.4 is 18.9 Å². The summed E-state index contributed by atoms with van der Waals surface area (Å²) in [6.07, 6.45) is 4.34. The molecule has 0 amide bonds. The number of hydrogen-bond acceptors (Lipinski definition) is 5. The molecule has 0 fully saturated rings. The van der Waals surface area contributed by atoms with E-state index in [-0.39, 0.29) is 24.2 Å². The standard InChI is InChI=1S/C71H59N2O4/c1-74-62-29-21-48(22-30-62)58-37-56(38-59(41-58)49-23-31-63(75-2)32-24-49)46-13-17-52(18-14-46)68-43-54-9-5-7-11-66(54)70-71-67-12-8-6-10-55(67)44-69(73(71)45-72(68)70)53-19-15-47(16-20-53)57-39-60(50-25-33-64(76-3)34-26-50)42-61(40-57)51-27-35-65(77-4)36-28-51/h5-42,45,68-71H,43-44H2,1-4H3/q+1/t68-,69-,70-,71-/m1/s1. The van der Waals surface area contributed by atoms with Gasteiger partial charge < -0.3 is 18.9 Å². The fourth-order valence-corrected chi connectivity index (χ4v) is 12.2. The van der Waals surface area contributed by atoms with Crippen LogP contribution in [0, 0.1) is 0 Å². The summed E-state index contributed by atoms with van der Waals surface area (Å²) in [4.78, 5) is 2.70. The number of methoxy groups -OCH3 is 4. The number of ether oxygens (including phenoxy) is 4. The first-order valence-corrected chi connectivity index (χ1v) is 26.6. The number of benzene rings is 10. The third-order valence-electron chi connectivity index (χ3n) is 16.3. The van der Waals surface area contributed by atoms with Crippen LogP contribution in [0.15, 0.2) is 231 Å². The van der Waals surface area contributed by atoms with Gasteiger partial charge in [-0.1, -0.05) is 146 Å². The molecule has 77 heavy (non-hydrogen) atoms. The fraction of sp³-hybridized carbons (Fsp3) is 0.141. The molecule has 0 aromatic heterocycles. The molecule has 13 rings (SSSR count). The van der Waals surface area contributed by atoms with Crippen molar-refractivity contribution in [1.29, 1.82) is 0 Å². The van der Waals surface area contributed by atoms with E-state index in [2.05, 4.69) is 198 Å². The predicted octanol–water partition coefficient (Wildman–Crippen LogP) is 16.5. The first-order chi connectivity index (χ1) is 37.9. The Morgan fingerprint density at radius 3 is 1.04 bits per heavy atom. The average molecular weight is 1000 g/mol. The molecule has 3 aliphatic rings. The molecule has 0 saturated carbocycles. The van der Waals surface area contributed by atoms with Gasteiger partial charge in [-0.05, 0) is 174 Å². The van der Waals surface area contributed by atoms with E-state index in [1.807, 2.05) is 48.5 Å². The van der Waals surface area contributed by atoms with E-state index in [0.29, 0.717) is 0 Å². The van der Waals surface area contributed by atoms with Crippen LogP contribution >= 0.6 is 0 Å². The second-order valence-electron chi connectivity index (χ2n) is 20.5. The van der Waals surface area contributed by atoms with Crippen LogP contribution in [0.25, 0.3) is 66.8 Å². The molecule has 10 aromatic carbocycles. The largest absolute Gasteiger partial charge is 0.497 e. The molecule has 6 heteroatoms. The highest BCUT2D eigenvalue weighted by atomic mass is 16.5. The smallest absolute Gasteiger partial charge is 0.236 e. The second-order valence-corrected chi connectivity index (χ2v) is 20.5. The Kier molecular flexibility index (Phi) is 12.5. The van der Waals surface area contributed by atoms with Crippen LogP contribution in [-0.2, 0) is 12.8 Å². The zero-order valence-corrected chi connectivity index (χ0v) is 43.8. The summed E-state index contributed by atoms with van der Waals surface area (Å²) in [6.45, 7) is 0. The van der Waals surface area contributed by atoms with Gasteiger partial charge in [0.2, 0.25) is 6.34 Å². The van der Waals surface area contributed by atoms with Crippen LogP contribution in [-0.4, -0.2) is 44.3 Å². The zero-order chi connectivity index (χ0) is 52.0. The topological polar surface area (TPSA) is 43.2 Å². The van der Waals surface area contributed by atoms with E-state index in [1.165, 1.54) is 55.6 Å². The maximum atomic E-state index is 5.52. The van der Waals surface area contributed by atoms with E-state index in [0.717, 1.165) is 80.3 Å². The lowest BCUT2D eigenvalue weighted by Crippen LogP contribution is -2.37. The summed E-state index contributed by atoms with van der Waals surface area (Å²) in [5, 5.41) is 0. The Labute approximate surface area is 451 Å². The quantitative estimate of drug-likeness (QED) is 0.114. The van der Waals surface area contributed by atoms with Gasteiger partial charge in [0.05, 0.1) is 28.4 Å². The van der Waals surface area contributed by atoms with Gasteiger partial charge in [-0.25, -0.2) is 9.48 Å². The van der Waals surface area contributed by atoms with Gasteiger partial charge in [-0.3, -0.25) is 0 Å². The summed E-state index contributed by atoms with van der Waals surface area (Å²) in [5.74, 6) is 3.36. The van der Waals surface area contributed by atoms with Crippen molar-refractivity contribution in [2.45, 2.75) is 37.0 Å². The van der Waals surface area contributed by atoms with Crippen LogP contribution in [0.3, 0.4) is 0 Å². The maximum Gasteiger partial charge on any atom is 0.236 e. The molecule has 4 atom stereocenters. The molecule has 0 N–H and O–H groups in total. The number of nitrogens with zero attached hydrogens (tertiary/aromatic N) is 2. The van der Waals surface area contributed by atoms with Gasteiger partial charge >= 0.3 is 0 Å². The monoisotopic (exact) mass is 1000 g/mol. The van der Waals surface area contributed by atoms with Crippen molar-refractivity contribution in [3.63, 3.8) is 0 Å². The molecule has 0 bridgehead atoms. The summed E-state index contributed by atoms with van der Waals surface area (Å²) >= 11 is 0. The molecule has 0 radical (unpaired) electrons. The molecular formula is C71H59N2O4+. The molecule has 0 spiro atoms. The van der Waals surface area contributed by atoms with E-state index in [4.69, 9.17) is 18.9 Å². The molecule has 10 aromatic rings. The van der Waals surface area contributed by atoms with Crippen LogP contribution in [0.4, 0.5) is 0 Å². The SMILES string of the molecule is COc1ccc(-c2cc(-c3ccc(OC)cc3)cc(-c3ccc([C@H]4Cc5ccccc5[C@@H]5[C@H]6c7ccccc7C[C@H](c7ccc(-c8cc(-c9ccc(OC)cc9)cc(-c9ccc(OC)cc9)c8)cc7)[N+]6=CN45)cc3)c2)cc1. The van der Waals surface area contributed by atoms with Crippen LogP contribution in [0.5, 0.6) is 23.0 Å². The Bertz CT molecular complexity index is 3660. The Morgan fingerprint density at radius 1 is 0.338 bits per heavy atom. The highest BCUT2D eigenvalue weighted by Crippen LogP contribution is 2.54. The minimum absolute atomic E-state index is 0.137. The van der Waals surface area contributed by atoms with Crippen molar-refractivity contribution >= 4 is 6.34 Å². The van der Waals surface area contributed by atoms with E-state index in [1.54, 1.807) is 28.4 Å². The van der Waals surface area contributed by atoms with E-state index in [9.17, 15) is 0 Å². The fourth-order valence-electron chi connectivity index (χ4n) is 12.2. The second kappa shape index (κ2) is 20.2. The summed E-state index contributed by atoms with van der Waals surface area (Å²) < 4.78 is 24.8. The van der Waals surface area contributed by atoms with E-state index >= 15 is 0 Å². The van der Waals surface area contributed by atoms with Crippen molar-refractivity contribution < 1.29 is 23.5 Å².